The van der Waals surface area contributed by atoms with Crippen LogP contribution in [0.4, 0.5) is 0 Å². The Morgan fingerprint density at radius 1 is 0.783 bits per heavy atom. The minimum absolute atomic E-state index is 0.756. The fourth-order valence-corrected chi connectivity index (χ4v) is 2.13. The molecule has 124 valence electrons. The highest BCUT2D eigenvalue weighted by atomic mass is 16.6. The van der Waals surface area contributed by atoms with Gasteiger partial charge in [0, 0.05) is 0 Å². The fourth-order valence-electron chi connectivity index (χ4n) is 2.13. The molecule has 4 atom stereocenters. The number of rotatable bonds is 7. The Labute approximate surface area is 130 Å². The van der Waals surface area contributed by atoms with Crippen molar-refractivity contribution in [1.82, 2.24) is 0 Å². The fraction of sp³-hybridized carbons (Fsp3) is 0.286. The second kappa shape index (κ2) is 7.90. The molecule has 0 aromatic rings. The van der Waals surface area contributed by atoms with E-state index in [1.54, 1.807) is 0 Å². The summed E-state index contributed by atoms with van der Waals surface area (Å²) in [4.78, 5) is 47.1. The Morgan fingerprint density at radius 2 is 1.17 bits per heavy atom. The summed E-state index contributed by atoms with van der Waals surface area (Å²) >= 11 is 0. The summed E-state index contributed by atoms with van der Waals surface area (Å²) in [6, 6.07) is 0. The predicted molar refractivity (Wildman–Crippen MR) is 72.1 cm³/mol. The van der Waals surface area contributed by atoms with Gasteiger partial charge in [-0.2, -0.15) is 0 Å². The van der Waals surface area contributed by atoms with E-state index in [1.807, 2.05) is 0 Å². The Morgan fingerprint density at radius 3 is 1.57 bits per heavy atom. The molecule has 9 heteroatoms. The first-order valence-corrected chi connectivity index (χ1v) is 6.21. The van der Waals surface area contributed by atoms with E-state index in [2.05, 4.69) is 33.9 Å². The first-order valence-electron chi connectivity index (χ1n) is 6.21. The SMILES string of the molecule is C=COC(=O)C1OC(C(=O)O)C(C(=O)OC=C)C1C(=O)OC=C. The van der Waals surface area contributed by atoms with E-state index in [1.165, 1.54) is 0 Å². The molecule has 1 N–H and O–H groups in total. The van der Waals surface area contributed by atoms with Crippen LogP contribution in [-0.4, -0.2) is 41.2 Å². The van der Waals surface area contributed by atoms with Crippen molar-refractivity contribution >= 4 is 23.9 Å². The largest absolute Gasteiger partial charge is 0.479 e. The minimum Gasteiger partial charge on any atom is -0.479 e. The van der Waals surface area contributed by atoms with Crippen LogP contribution in [0.5, 0.6) is 0 Å². The Hall–Kier alpha value is -2.94. The van der Waals surface area contributed by atoms with Gasteiger partial charge in [0.05, 0.1) is 18.8 Å². The molecule has 0 radical (unpaired) electrons. The van der Waals surface area contributed by atoms with E-state index in [0.717, 1.165) is 18.8 Å². The highest BCUT2D eigenvalue weighted by molar-refractivity contribution is 5.94. The number of ether oxygens (including phenoxy) is 4. The number of carbonyl (C=O) groups is 4. The van der Waals surface area contributed by atoms with Gasteiger partial charge in [0.1, 0.15) is 11.8 Å². The topological polar surface area (TPSA) is 125 Å². The minimum atomic E-state index is -1.81. The molecule has 1 rings (SSSR count). The molecule has 4 unspecified atom stereocenters. The van der Waals surface area contributed by atoms with E-state index >= 15 is 0 Å². The van der Waals surface area contributed by atoms with Crippen LogP contribution >= 0.6 is 0 Å². The molecule has 0 spiro atoms. The third-order valence-electron chi connectivity index (χ3n) is 2.95. The number of hydrogen-bond donors (Lipinski definition) is 1. The monoisotopic (exact) mass is 326 g/mol. The molecule has 1 heterocycles. The van der Waals surface area contributed by atoms with Gasteiger partial charge in [-0.15, -0.1) is 0 Å². The average Bonchev–Trinajstić information content (AvgIpc) is 2.88. The molecule has 1 fully saturated rings. The summed E-state index contributed by atoms with van der Waals surface area (Å²) in [7, 11) is 0. The number of hydrogen-bond acceptors (Lipinski definition) is 8. The highest BCUT2D eigenvalue weighted by Gasteiger charge is 2.59. The van der Waals surface area contributed by atoms with Crippen LogP contribution in [0.1, 0.15) is 0 Å². The van der Waals surface area contributed by atoms with E-state index in [0.29, 0.717) is 0 Å². The lowest BCUT2D eigenvalue weighted by atomic mass is 9.86. The summed E-state index contributed by atoms with van der Waals surface area (Å²) < 4.78 is 18.6. The van der Waals surface area contributed by atoms with Crippen molar-refractivity contribution in [2.75, 3.05) is 0 Å². The maximum Gasteiger partial charge on any atom is 0.341 e. The Kier molecular flexibility index (Phi) is 6.22. The van der Waals surface area contributed by atoms with Crippen LogP contribution in [0.15, 0.2) is 38.5 Å². The molecular formula is C14H14O9. The zero-order valence-corrected chi connectivity index (χ0v) is 11.9. The van der Waals surface area contributed by atoms with Crippen LogP contribution in [0.3, 0.4) is 0 Å². The quantitative estimate of drug-likeness (QED) is 0.394. The smallest absolute Gasteiger partial charge is 0.341 e. The molecule has 1 aliphatic heterocycles. The van der Waals surface area contributed by atoms with E-state index in [9.17, 15) is 19.2 Å². The summed E-state index contributed by atoms with van der Waals surface area (Å²) in [5.74, 6) is -8.13. The van der Waals surface area contributed by atoms with Gasteiger partial charge in [-0.05, 0) is 0 Å². The molecule has 23 heavy (non-hydrogen) atoms. The molecule has 1 aliphatic rings. The third kappa shape index (κ3) is 3.83. The van der Waals surface area contributed by atoms with Gasteiger partial charge in [-0.1, -0.05) is 19.7 Å². The number of carbonyl (C=O) groups excluding carboxylic acids is 3. The van der Waals surface area contributed by atoms with Gasteiger partial charge >= 0.3 is 23.9 Å². The second-order valence-electron chi connectivity index (χ2n) is 4.18. The number of aliphatic carboxylic acids is 1. The second-order valence-corrected chi connectivity index (χ2v) is 4.18. The first-order chi connectivity index (χ1) is 10.9. The van der Waals surface area contributed by atoms with Crippen molar-refractivity contribution in [2.24, 2.45) is 11.8 Å². The number of carboxylic acid groups (broad SMARTS) is 1. The van der Waals surface area contributed by atoms with Crippen molar-refractivity contribution in [3.8, 4) is 0 Å². The van der Waals surface area contributed by atoms with Crippen LogP contribution in [0, 0.1) is 11.8 Å². The molecule has 0 aliphatic carbocycles. The molecule has 0 aromatic carbocycles. The van der Waals surface area contributed by atoms with Crippen molar-refractivity contribution in [3.63, 3.8) is 0 Å². The molecule has 0 bridgehead atoms. The molecule has 0 aromatic heterocycles. The zero-order chi connectivity index (χ0) is 17.6. The van der Waals surface area contributed by atoms with E-state index < -0.39 is 47.9 Å². The van der Waals surface area contributed by atoms with Crippen molar-refractivity contribution in [2.45, 2.75) is 12.2 Å². The van der Waals surface area contributed by atoms with Crippen molar-refractivity contribution < 1.29 is 43.2 Å². The number of esters is 3. The third-order valence-corrected chi connectivity index (χ3v) is 2.95. The molecule has 1 saturated heterocycles. The van der Waals surface area contributed by atoms with Crippen molar-refractivity contribution in [1.29, 1.82) is 0 Å². The van der Waals surface area contributed by atoms with Crippen LogP contribution in [-0.2, 0) is 38.1 Å². The summed E-state index contributed by atoms with van der Waals surface area (Å²) in [6.07, 6.45) is -1.21. The number of carboxylic acids is 1. The molecule has 0 amide bonds. The van der Waals surface area contributed by atoms with Gasteiger partial charge < -0.3 is 24.1 Å². The molecule has 0 saturated carbocycles. The lowest BCUT2D eigenvalue weighted by Gasteiger charge is -2.18. The standard InChI is InChI=1S/C14H14O9/c1-4-20-12(17)7-8(13(18)21-5-2)10(14(19)22-6-3)23-9(7)11(15)16/h4-10H,1-3H2,(H,15,16). The van der Waals surface area contributed by atoms with Gasteiger partial charge in [0.15, 0.2) is 12.2 Å². The molecular weight excluding hydrogens is 312 g/mol. The summed E-state index contributed by atoms with van der Waals surface area (Å²) in [6.45, 7) is 9.50. The Bertz CT molecular complexity index is 550. The van der Waals surface area contributed by atoms with Crippen LogP contribution in [0.2, 0.25) is 0 Å². The maximum absolute atomic E-state index is 12.0. The van der Waals surface area contributed by atoms with Crippen LogP contribution < -0.4 is 0 Å². The van der Waals surface area contributed by atoms with Gasteiger partial charge in [0.2, 0.25) is 0 Å². The normalized spacial score (nSPS) is 25.7. The predicted octanol–water partition coefficient (Wildman–Crippen LogP) is 0.131. The Balaban J connectivity index is 3.28. The van der Waals surface area contributed by atoms with Gasteiger partial charge in [0.25, 0.3) is 0 Å². The van der Waals surface area contributed by atoms with Gasteiger partial charge in [-0.3, -0.25) is 9.59 Å². The maximum atomic E-state index is 12.0. The molecule has 9 nitrogen and oxygen atoms in total. The zero-order valence-electron chi connectivity index (χ0n) is 11.9. The van der Waals surface area contributed by atoms with Gasteiger partial charge in [-0.25, -0.2) is 9.59 Å². The highest BCUT2D eigenvalue weighted by Crippen LogP contribution is 2.36. The van der Waals surface area contributed by atoms with E-state index in [4.69, 9.17) is 9.84 Å². The lowest BCUT2D eigenvalue weighted by Crippen LogP contribution is -2.40. The summed E-state index contributed by atoms with van der Waals surface area (Å²) in [5, 5.41) is 9.16. The average molecular weight is 326 g/mol. The van der Waals surface area contributed by atoms with E-state index in [-0.39, 0.29) is 0 Å². The first kappa shape index (κ1) is 18.1. The summed E-state index contributed by atoms with van der Waals surface area (Å²) in [5.41, 5.74) is 0. The lowest BCUT2D eigenvalue weighted by molar-refractivity contribution is -0.163. The van der Waals surface area contributed by atoms with Crippen LogP contribution in [0.25, 0.3) is 0 Å². The van der Waals surface area contributed by atoms with Crippen molar-refractivity contribution in [3.05, 3.63) is 38.5 Å².